The standard InChI is InChI=1S/C16H23N3O3S2/c1-12(20)17-14-8-10-15(11-9-14)24(21,22)19-16(23-2)18-13-6-4-3-5-7-13/h8-11,13H,3-7H2,1-2H3,(H,17,20)(H,18,19). The van der Waals surface area contributed by atoms with Gasteiger partial charge in [-0.05, 0) is 43.4 Å². The summed E-state index contributed by atoms with van der Waals surface area (Å²) >= 11 is 1.30. The number of nitrogens with one attached hydrogen (secondary N) is 2. The lowest BCUT2D eigenvalue weighted by Crippen LogP contribution is -2.30. The van der Waals surface area contributed by atoms with E-state index in [0.717, 1.165) is 25.7 Å². The molecule has 0 atom stereocenters. The number of rotatable bonds is 4. The van der Waals surface area contributed by atoms with E-state index in [2.05, 4.69) is 15.0 Å². The first kappa shape index (κ1) is 18.8. The Bertz CT molecular complexity index is 694. The minimum Gasteiger partial charge on any atom is -0.326 e. The van der Waals surface area contributed by atoms with Crippen LogP contribution in [0.4, 0.5) is 5.69 Å². The maximum absolute atomic E-state index is 12.5. The van der Waals surface area contributed by atoms with Crippen molar-refractivity contribution in [3.8, 4) is 0 Å². The molecule has 1 saturated carbocycles. The summed E-state index contributed by atoms with van der Waals surface area (Å²) in [5.74, 6) is -0.201. The van der Waals surface area contributed by atoms with Crippen molar-refractivity contribution in [2.24, 2.45) is 4.99 Å². The number of amides is 1. The molecule has 1 fully saturated rings. The summed E-state index contributed by atoms with van der Waals surface area (Å²) in [7, 11) is -3.68. The van der Waals surface area contributed by atoms with Crippen molar-refractivity contribution in [1.82, 2.24) is 4.72 Å². The maximum atomic E-state index is 12.5. The van der Waals surface area contributed by atoms with Crippen LogP contribution in [0.25, 0.3) is 0 Å². The Morgan fingerprint density at radius 2 is 1.79 bits per heavy atom. The highest BCUT2D eigenvalue weighted by Crippen LogP contribution is 2.21. The van der Waals surface area contributed by atoms with E-state index in [1.165, 1.54) is 37.2 Å². The molecule has 1 amide bonds. The monoisotopic (exact) mass is 369 g/mol. The molecule has 0 heterocycles. The molecule has 1 aromatic carbocycles. The van der Waals surface area contributed by atoms with E-state index in [9.17, 15) is 13.2 Å². The molecule has 1 aliphatic carbocycles. The second kappa shape index (κ2) is 8.53. The number of carbonyl (C=O) groups is 1. The van der Waals surface area contributed by atoms with Gasteiger partial charge in [0, 0.05) is 12.6 Å². The third-order valence-electron chi connectivity index (χ3n) is 3.77. The number of benzene rings is 1. The average molecular weight is 370 g/mol. The molecule has 0 saturated heterocycles. The van der Waals surface area contributed by atoms with Crippen LogP contribution in [0.2, 0.25) is 0 Å². The predicted octanol–water partition coefficient (Wildman–Crippen LogP) is 2.98. The lowest BCUT2D eigenvalue weighted by molar-refractivity contribution is -0.114. The first-order valence-corrected chi connectivity index (χ1v) is 10.6. The lowest BCUT2D eigenvalue weighted by atomic mass is 9.96. The van der Waals surface area contributed by atoms with Gasteiger partial charge in [0.2, 0.25) is 5.91 Å². The third kappa shape index (κ3) is 5.52. The number of sulfonamides is 1. The van der Waals surface area contributed by atoms with E-state index in [0.29, 0.717) is 10.9 Å². The summed E-state index contributed by atoms with van der Waals surface area (Å²) in [4.78, 5) is 15.7. The number of thioether (sulfide) groups is 1. The molecular formula is C16H23N3O3S2. The molecule has 0 bridgehead atoms. The lowest BCUT2D eigenvalue weighted by Gasteiger charge is -2.19. The van der Waals surface area contributed by atoms with Gasteiger partial charge in [0.05, 0.1) is 10.9 Å². The SMILES string of the molecule is CSC(=NC1CCCCC1)NS(=O)(=O)c1ccc(NC(C)=O)cc1. The van der Waals surface area contributed by atoms with Crippen molar-refractivity contribution in [2.75, 3.05) is 11.6 Å². The fourth-order valence-corrected chi connectivity index (χ4v) is 4.40. The van der Waals surface area contributed by atoms with Crippen LogP contribution in [0, 0.1) is 0 Å². The molecular weight excluding hydrogens is 346 g/mol. The summed E-state index contributed by atoms with van der Waals surface area (Å²) in [5.41, 5.74) is 0.558. The molecule has 6 nitrogen and oxygen atoms in total. The Labute approximate surface area is 147 Å². The van der Waals surface area contributed by atoms with Crippen molar-refractivity contribution in [3.63, 3.8) is 0 Å². The molecule has 2 N–H and O–H groups in total. The van der Waals surface area contributed by atoms with E-state index in [-0.39, 0.29) is 16.8 Å². The molecule has 0 radical (unpaired) electrons. The number of amidine groups is 1. The van der Waals surface area contributed by atoms with E-state index >= 15 is 0 Å². The number of anilines is 1. The van der Waals surface area contributed by atoms with Crippen molar-refractivity contribution in [1.29, 1.82) is 0 Å². The molecule has 24 heavy (non-hydrogen) atoms. The van der Waals surface area contributed by atoms with Gasteiger partial charge in [-0.3, -0.25) is 14.5 Å². The zero-order chi connectivity index (χ0) is 17.6. The number of nitrogens with zero attached hydrogens (tertiary/aromatic N) is 1. The van der Waals surface area contributed by atoms with Gasteiger partial charge in [0.25, 0.3) is 10.0 Å². The van der Waals surface area contributed by atoms with Crippen LogP contribution in [0.1, 0.15) is 39.0 Å². The van der Waals surface area contributed by atoms with Crippen molar-refractivity contribution in [2.45, 2.75) is 50.0 Å². The highest BCUT2D eigenvalue weighted by atomic mass is 32.2. The van der Waals surface area contributed by atoms with Gasteiger partial charge >= 0.3 is 0 Å². The quantitative estimate of drug-likeness (QED) is 0.631. The molecule has 0 spiro atoms. The smallest absolute Gasteiger partial charge is 0.263 e. The highest BCUT2D eigenvalue weighted by Gasteiger charge is 2.18. The molecule has 1 aliphatic rings. The van der Waals surface area contributed by atoms with Crippen molar-refractivity contribution >= 4 is 38.5 Å². The molecule has 1 aromatic rings. The van der Waals surface area contributed by atoms with Crippen LogP contribution in [-0.2, 0) is 14.8 Å². The average Bonchev–Trinajstić information content (AvgIpc) is 2.55. The van der Waals surface area contributed by atoms with Gasteiger partial charge in [-0.1, -0.05) is 31.0 Å². The van der Waals surface area contributed by atoms with E-state index < -0.39 is 10.0 Å². The van der Waals surface area contributed by atoms with Gasteiger partial charge in [0.15, 0.2) is 5.17 Å². The van der Waals surface area contributed by atoms with Crippen LogP contribution in [0.3, 0.4) is 0 Å². The zero-order valence-electron chi connectivity index (χ0n) is 13.9. The van der Waals surface area contributed by atoms with Gasteiger partial charge < -0.3 is 5.32 Å². The molecule has 0 aliphatic heterocycles. The predicted molar refractivity (Wildman–Crippen MR) is 98.9 cm³/mol. The van der Waals surface area contributed by atoms with Crippen LogP contribution >= 0.6 is 11.8 Å². The second-order valence-corrected chi connectivity index (χ2v) is 8.22. The summed E-state index contributed by atoms with van der Waals surface area (Å²) in [6.07, 6.45) is 7.35. The number of carbonyl (C=O) groups excluding carboxylic acids is 1. The van der Waals surface area contributed by atoms with Crippen molar-refractivity contribution < 1.29 is 13.2 Å². The Hall–Kier alpha value is -1.54. The summed E-state index contributed by atoms with van der Waals surface area (Å²) in [6.45, 7) is 1.40. The summed E-state index contributed by atoms with van der Waals surface area (Å²) in [6, 6.07) is 6.25. The first-order chi connectivity index (χ1) is 11.4. The van der Waals surface area contributed by atoms with E-state index in [1.807, 2.05) is 6.26 Å². The summed E-state index contributed by atoms with van der Waals surface area (Å²) in [5, 5.41) is 3.03. The second-order valence-electron chi connectivity index (χ2n) is 5.74. The van der Waals surface area contributed by atoms with E-state index in [1.54, 1.807) is 12.1 Å². The minimum absolute atomic E-state index is 0.141. The third-order valence-corrected chi connectivity index (χ3v) is 5.85. The Balaban J connectivity index is 2.10. The Morgan fingerprint density at radius 3 is 2.33 bits per heavy atom. The van der Waals surface area contributed by atoms with Gasteiger partial charge in [-0.15, -0.1) is 0 Å². The topological polar surface area (TPSA) is 87.6 Å². The normalized spacial score (nSPS) is 16.7. The van der Waals surface area contributed by atoms with Crippen LogP contribution in [0.5, 0.6) is 0 Å². The summed E-state index contributed by atoms with van der Waals surface area (Å²) < 4.78 is 27.5. The molecule has 2 rings (SSSR count). The Morgan fingerprint density at radius 1 is 1.17 bits per heavy atom. The molecule has 8 heteroatoms. The zero-order valence-corrected chi connectivity index (χ0v) is 15.5. The Kier molecular flexibility index (Phi) is 6.68. The van der Waals surface area contributed by atoms with Gasteiger partial charge in [-0.25, -0.2) is 8.42 Å². The van der Waals surface area contributed by atoms with E-state index in [4.69, 9.17) is 0 Å². The largest absolute Gasteiger partial charge is 0.326 e. The fourth-order valence-electron chi connectivity index (χ4n) is 2.59. The molecule has 0 aromatic heterocycles. The molecule has 132 valence electrons. The van der Waals surface area contributed by atoms with Crippen LogP contribution in [0.15, 0.2) is 34.2 Å². The van der Waals surface area contributed by atoms with Gasteiger partial charge in [-0.2, -0.15) is 0 Å². The number of aliphatic imine (C=N–C) groups is 1. The minimum atomic E-state index is -3.68. The first-order valence-electron chi connectivity index (χ1n) is 7.93. The molecule has 0 unspecified atom stereocenters. The number of hydrogen-bond acceptors (Lipinski definition) is 5. The van der Waals surface area contributed by atoms with Gasteiger partial charge in [0.1, 0.15) is 0 Å². The van der Waals surface area contributed by atoms with Crippen LogP contribution < -0.4 is 10.0 Å². The maximum Gasteiger partial charge on any atom is 0.263 e. The fraction of sp³-hybridized carbons (Fsp3) is 0.500. The highest BCUT2D eigenvalue weighted by molar-refractivity contribution is 8.14. The number of hydrogen-bond donors (Lipinski definition) is 2. The van der Waals surface area contributed by atoms with Crippen molar-refractivity contribution in [3.05, 3.63) is 24.3 Å². The van der Waals surface area contributed by atoms with Crippen LogP contribution in [-0.4, -0.2) is 31.8 Å².